The van der Waals surface area contributed by atoms with E-state index in [0.29, 0.717) is 6.42 Å². The lowest BCUT2D eigenvalue weighted by Gasteiger charge is -2.39. The van der Waals surface area contributed by atoms with E-state index in [0.717, 1.165) is 31.9 Å². The zero-order chi connectivity index (χ0) is 13.3. The zero-order valence-electron chi connectivity index (χ0n) is 11.2. The second-order valence-electron chi connectivity index (χ2n) is 6.01. The van der Waals surface area contributed by atoms with Crippen LogP contribution in [0.3, 0.4) is 0 Å². The Balaban J connectivity index is 1.67. The maximum Gasteiger partial charge on any atom is 0.220 e. The Morgan fingerprint density at radius 1 is 1.42 bits per heavy atom. The van der Waals surface area contributed by atoms with Crippen LogP contribution in [0.1, 0.15) is 24.8 Å². The maximum atomic E-state index is 11.5. The Hall–Kier alpha value is -1.55. The van der Waals surface area contributed by atoms with E-state index in [-0.39, 0.29) is 11.3 Å². The third-order valence-corrected chi connectivity index (χ3v) is 4.29. The molecule has 4 nitrogen and oxygen atoms in total. The largest absolute Gasteiger partial charge is 0.399 e. The molecule has 19 heavy (non-hydrogen) atoms. The van der Waals surface area contributed by atoms with E-state index < -0.39 is 0 Å². The normalized spacial score (nSPS) is 27.7. The molecule has 3 N–H and O–H groups in total. The lowest BCUT2D eigenvalue weighted by atomic mass is 9.79. The number of likely N-dealkylation sites (tertiary alicyclic amines) is 1. The first-order valence-electron chi connectivity index (χ1n) is 6.99. The minimum Gasteiger partial charge on any atom is -0.399 e. The van der Waals surface area contributed by atoms with Crippen LogP contribution in [0, 0.1) is 5.41 Å². The Labute approximate surface area is 114 Å². The minimum atomic E-state index is 0.176. The molecule has 3 rings (SSSR count). The van der Waals surface area contributed by atoms with Gasteiger partial charge in [0.25, 0.3) is 0 Å². The van der Waals surface area contributed by atoms with Crippen molar-refractivity contribution in [2.24, 2.45) is 5.41 Å². The number of carbonyl (C=O) groups excluding carboxylic acids is 1. The highest BCUT2D eigenvalue weighted by molar-refractivity contribution is 5.79. The SMILES string of the molecule is Nc1cccc(CN2CCCC3(CNC(=O)C3)C2)c1. The fourth-order valence-corrected chi connectivity index (χ4v) is 3.44. The molecule has 1 spiro atoms. The van der Waals surface area contributed by atoms with Crippen LogP contribution in [0.5, 0.6) is 0 Å². The highest BCUT2D eigenvalue weighted by Gasteiger charge is 2.41. The third kappa shape index (κ3) is 2.73. The van der Waals surface area contributed by atoms with Crippen LogP contribution in [0.4, 0.5) is 5.69 Å². The first kappa shape index (κ1) is 12.5. The number of carbonyl (C=O) groups is 1. The molecule has 1 aromatic rings. The van der Waals surface area contributed by atoms with Crippen LogP contribution in [-0.2, 0) is 11.3 Å². The van der Waals surface area contributed by atoms with Crippen LogP contribution >= 0.6 is 0 Å². The molecule has 1 amide bonds. The smallest absolute Gasteiger partial charge is 0.220 e. The molecule has 2 heterocycles. The Kier molecular flexibility index (Phi) is 3.19. The second-order valence-corrected chi connectivity index (χ2v) is 6.01. The fraction of sp³-hybridized carbons (Fsp3) is 0.533. The van der Waals surface area contributed by atoms with E-state index in [1.165, 1.54) is 18.4 Å². The van der Waals surface area contributed by atoms with Crippen LogP contribution in [-0.4, -0.2) is 30.4 Å². The molecule has 1 unspecified atom stereocenters. The maximum absolute atomic E-state index is 11.5. The van der Waals surface area contributed by atoms with E-state index in [9.17, 15) is 4.79 Å². The Bertz CT molecular complexity index is 488. The summed E-state index contributed by atoms with van der Waals surface area (Å²) in [6, 6.07) is 8.08. The monoisotopic (exact) mass is 259 g/mol. The molecule has 0 saturated carbocycles. The number of hydrogen-bond donors (Lipinski definition) is 2. The summed E-state index contributed by atoms with van der Waals surface area (Å²) in [5.74, 6) is 0.214. The average Bonchev–Trinajstić information content (AvgIpc) is 2.70. The first-order valence-corrected chi connectivity index (χ1v) is 6.99. The molecule has 0 bridgehead atoms. The van der Waals surface area contributed by atoms with Crippen molar-refractivity contribution in [3.8, 4) is 0 Å². The molecular weight excluding hydrogens is 238 g/mol. The molecule has 0 radical (unpaired) electrons. The van der Waals surface area contributed by atoms with Crippen molar-refractivity contribution in [3.05, 3.63) is 29.8 Å². The van der Waals surface area contributed by atoms with Gasteiger partial charge in [-0.25, -0.2) is 0 Å². The molecule has 2 fully saturated rings. The van der Waals surface area contributed by atoms with Gasteiger partial charge in [0.2, 0.25) is 5.91 Å². The lowest BCUT2D eigenvalue weighted by Crippen LogP contribution is -2.43. The van der Waals surface area contributed by atoms with E-state index in [2.05, 4.69) is 16.3 Å². The van der Waals surface area contributed by atoms with E-state index in [4.69, 9.17) is 5.73 Å². The molecule has 4 heteroatoms. The van der Waals surface area contributed by atoms with Gasteiger partial charge < -0.3 is 11.1 Å². The van der Waals surface area contributed by atoms with Crippen LogP contribution in [0.2, 0.25) is 0 Å². The summed E-state index contributed by atoms with van der Waals surface area (Å²) < 4.78 is 0. The molecule has 102 valence electrons. The number of nitrogen functional groups attached to an aromatic ring is 1. The van der Waals surface area contributed by atoms with Gasteiger partial charge in [0.1, 0.15) is 0 Å². The second kappa shape index (κ2) is 4.85. The van der Waals surface area contributed by atoms with E-state index in [1.54, 1.807) is 0 Å². The summed E-state index contributed by atoms with van der Waals surface area (Å²) in [6.07, 6.45) is 3.04. The standard InChI is InChI=1S/C15H21N3O/c16-13-4-1-3-12(7-13)9-18-6-2-5-15(11-18)8-14(19)17-10-15/h1,3-4,7H,2,5-6,8-11,16H2,(H,17,19). The molecule has 2 aliphatic heterocycles. The van der Waals surface area contributed by atoms with Gasteiger partial charge >= 0.3 is 0 Å². The van der Waals surface area contributed by atoms with Gasteiger partial charge in [0.05, 0.1) is 0 Å². The van der Waals surface area contributed by atoms with Crippen molar-refractivity contribution in [3.63, 3.8) is 0 Å². The summed E-state index contributed by atoms with van der Waals surface area (Å²) in [5, 5.41) is 2.99. The van der Waals surface area contributed by atoms with Crippen molar-refractivity contribution in [1.82, 2.24) is 10.2 Å². The third-order valence-electron chi connectivity index (χ3n) is 4.29. The van der Waals surface area contributed by atoms with Crippen molar-refractivity contribution in [2.45, 2.75) is 25.8 Å². The van der Waals surface area contributed by atoms with Gasteiger partial charge in [-0.15, -0.1) is 0 Å². The van der Waals surface area contributed by atoms with Gasteiger partial charge in [0, 0.05) is 37.2 Å². The van der Waals surface area contributed by atoms with Gasteiger partial charge in [-0.2, -0.15) is 0 Å². The topological polar surface area (TPSA) is 58.4 Å². The van der Waals surface area contributed by atoms with E-state index in [1.807, 2.05) is 18.2 Å². The number of piperidine rings is 1. The number of nitrogens with two attached hydrogens (primary N) is 1. The summed E-state index contributed by atoms with van der Waals surface area (Å²) in [4.78, 5) is 13.9. The number of hydrogen-bond acceptors (Lipinski definition) is 3. The Morgan fingerprint density at radius 3 is 3.05 bits per heavy atom. The average molecular weight is 259 g/mol. The quantitative estimate of drug-likeness (QED) is 0.789. The Morgan fingerprint density at radius 2 is 2.32 bits per heavy atom. The number of nitrogens with zero attached hydrogens (tertiary/aromatic N) is 1. The van der Waals surface area contributed by atoms with Crippen molar-refractivity contribution < 1.29 is 4.79 Å². The number of benzene rings is 1. The highest BCUT2D eigenvalue weighted by Crippen LogP contribution is 2.36. The molecule has 0 aromatic heterocycles. The van der Waals surface area contributed by atoms with Gasteiger partial charge in [-0.1, -0.05) is 12.1 Å². The van der Waals surface area contributed by atoms with Gasteiger partial charge in [-0.3, -0.25) is 9.69 Å². The van der Waals surface area contributed by atoms with Crippen molar-refractivity contribution in [2.75, 3.05) is 25.4 Å². The number of nitrogens with one attached hydrogen (secondary N) is 1. The van der Waals surface area contributed by atoms with Gasteiger partial charge in [-0.05, 0) is 37.1 Å². The molecule has 1 atom stereocenters. The van der Waals surface area contributed by atoms with Crippen LogP contribution < -0.4 is 11.1 Å². The van der Waals surface area contributed by atoms with Crippen molar-refractivity contribution >= 4 is 11.6 Å². The predicted octanol–water partition coefficient (Wildman–Crippen LogP) is 1.37. The summed E-state index contributed by atoms with van der Waals surface area (Å²) in [5.41, 5.74) is 8.08. The van der Waals surface area contributed by atoms with Crippen LogP contribution in [0.15, 0.2) is 24.3 Å². The molecule has 0 aliphatic carbocycles. The fourth-order valence-electron chi connectivity index (χ4n) is 3.44. The summed E-state index contributed by atoms with van der Waals surface area (Å²) in [7, 11) is 0. The first-order chi connectivity index (χ1) is 9.15. The van der Waals surface area contributed by atoms with Gasteiger partial charge in [0.15, 0.2) is 0 Å². The van der Waals surface area contributed by atoms with E-state index >= 15 is 0 Å². The van der Waals surface area contributed by atoms with Crippen molar-refractivity contribution in [1.29, 1.82) is 0 Å². The highest BCUT2D eigenvalue weighted by atomic mass is 16.1. The lowest BCUT2D eigenvalue weighted by molar-refractivity contribution is -0.119. The minimum absolute atomic E-state index is 0.176. The van der Waals surface area contributed by atoms with Crippen LogP contribution in [0.25, 0.3) is 0 Å². The predicted molar refractivity (Wildman–Crippen MR) is 75.4 cm³/mol. The number of anilines is 1. The number of amides is 1. The number of rotatable bonds is 2. The molecule has 1 aromatic carbocycles. The molecule has 2 saturated heterocycles. The zero-order valence-corrected chi connectivity index (χ0v) is 11.2. The molecule has 2 aliphatic rings. The summed E-state index contributed by atoms with van der Waals surface area (Å²) in [6.45, 7) is 3.91. The summed E-state index contributed by atoms with van der Waals surface area (Å²) >= 11 is 0. The molecular formula is C15H21N3O.